The number of sulfone groups is 1. The summed E-state index contributed by atoms with van der Waals surface area (Å²) in [4.78, 5) is 16.6. The van der Waals surface area contributed by atoms with Crippen LogP contribution in [0.2, 0.25) is 5.02 Å². The highest BCUT2D eigenvalue weighted by molar-refractivity contribution is 7.90. The van der Waals surface area contributed by atoms with Crippen LogP contribution in [-0.2, 0) is 25.7 Å². The Balaban J connectivity index is 1.68. The number of ether oxygens (including phenoxy) is 2. The van der Waals surface area contributed by atoms with Gasteiger partial charge in [0, 0.05) is 43.0 Å². The molecule has 0 bridgehead atoms. The van der Waals surface area contributed by atoms with Gasteiger partial charge in [-0.2, -0.15) is 0 Å². The first kappa shape index (κ1) is 25.3. The van der Waals surface area contributed by atoms with Crippen LogP contribution in [0.15, 0.2) is 24.3 Å². The van der Waals surface area contributed by atoms with Gasteiger partial charge in [-0.3, -0.25) is 4.90 Å². The van der Waals surface area contributed by atoms with Crippen molar-refractivity contribution in [3.8, 4) is 0 Å². The number of carbonyl (C=O) groups excluding carboxylic acids is 1. The largest absolute Gasteiger partial charge is 0.444 e. The van der Waals surface area contributed by atoms with Crippen LogP contribution in [0.1, 0.15) is 39.2 Å². The molecule has 2 aliphatic rings. The van der Waals surface area contributed by atoms with Gasteiger partial charge in [0.2, 0.25) is 0 Å². The SMILES string of the molecule is CC(C)(C)OC(=O)N1CCC(N2CC(CS(C)(=O)=O)OCC2Cc2ccc(Cl)cc2)CC1. The second kappa shape index (κ2) is 10.3. The summed E-state index contributed by atoms with van der Waals surface area (Å²) in [7, 11) is -3.13. The lowest BCUT2D eigenvalue weighted by Gasteiger charge is -2.46. The quantitative estimate of drug-likeness (QED) is 0.635. The molecule has 0 aliphatic carbocycles. The zero-order valence-corrected chi connectivity index (χ0v) is 21.0. The van der Waals surface area contributed by atoms with Crippen LogP contribution in [0.25, 0.3) is 0 Å². The van der Waals surface area contributed by atoms with Crippen molar-refractivity contribution in [2.24, 2.45) is 0 Å². The van der Waals surface area contributed by atoms with E-state index in [0.717, 1.165) is 19.3 Å². The van der Waals surface area contributed by atoms with E-state index in [1.54, 1.807) is 4.90 Å². The molecule has 32 heavy (non-hydrogen) atoms. The van der Waals surface area contributed by atoms with Gasteiger partial charge in [-0.25, -0.2) is 13.2 Å². The molecule has 1 aromatic carbocycles. The van der Waals surface area contributed by atoms with E-state index in [1.807, 2.05) is 45.0 Å². The third-order valence-corrected chi connectivity index (χ3v) is 7.10. The Morgan fingerprint density at radius 2 is 1.81 bits per heavy atom. The average molecular weight is 487 g/mol. The number of amides is 1. The Kier molecular flexibility index (Phi) is 8.12. The summed E-state index contributed by atoms with van der Waals surface area (Å²) in [6.07, 6.45) is 3.08. The lowest BCUT2D eigenvalue weighted by Crippen LogP contribution is -2.58. The van der Waals surface area contributed by atoms with Crippen LogP contribution in [0.4, 0.5) is 4.79 Å². The molecule has 0 spiro atoms. The molecule has 180 valence electrons. The highest BCUT2D eigenvalue weighted by Crippen LogP contribution is 2.26. The summed E-state index contributed by atoms with van der Waals surface area (Å²) >= 11 is 6.03. The third-order valence-electron chi connectivity index (χ3n) is 5.87. The molecule has 2 fully saturated rings. The third kappa shape index (κ3) is 7.61. The maximum absolute atomic E-state index is 12.4. The van der Waals surface area contributed by atoms with Crippen molar-refractivity contribution in [3.05, 3.63) is 34.9 Å². The number of hydrogen-bond donors (Lipinski definition) is 0. The van der Waals surface area contributed by atoms with Crippen molar-refractivity contribution in [2.75, 3.05) is 38.2 Å². The van der Waals surface area contributed by atoms with E-state index in [9.17, 15) is 13.2 Å². The molecule has 0 saturated carbocycles. The minimum Gasteiger partial charge on any atom is -0.444 e. The maximum atomic E-state index is 12.4. The predicted molar refractivity (Wildman–Crippen MR) is 126 cm³/mol. The molecule has 0 N–H and O–H groups in total. The molecule has 2 heterocycles. The molecular formula is C23H35ClN2O5S. The van der Waals surface area contributed by atoms with Crippen molar-refractivity contribution in [1.82, 2.24) is 9.80 Å². The van der Waals surface area contributed by atoms with Gasteiger partial charge in [-0.1, -0.05) is 23.7 Å². The molecule has 2 atom stereocenters. The van der Waals surface area contributed by atoms with Crippen molar-refractivity contribution in [3.63, 3.8) is 0 Å². The Bertz CT molecular complexity index is 877. The topological polar surface area (TPSA) is 76.2 Å². The van der Waals surface area contributed by atoms with Crippen LogP contribution in [0, 0.1) is 0 Å². The number of hydrogen-bond acceptors (Lipinski definition) is 6. The van der Waals surface area contributed by atoms with E-state index < -0.39 is 15.4 Å². The number of morpholine rings is 1. The van der Waals surface area contributed by atoms with Crippen LogP contribution in [-0.4, -0.2) is 86.3 Å². The van der Waals surface area contributed by atoms with Crippen molar-refractivity contribution in [2.45, 2.75) is 63.8 Å². The Morgan fingerprint density at radius 1 is 1.19 bits per heavy atom. The Morgan fingerprint density at radius 3 is 2.38 bits per heavy atom. The second-order valence-corrected chi connectivity index (χ2v) is 12.5. The minimum atomic E-state index is -3.13. The molecule has 2 saturated heterocycles. The molecule has 2 unspecified atom stereocenters. The fourth-order valence-electron chi connectivity index (χ4n) is 4.44. The van der Waals surface area contributed by atoms with Gasteiger partial charge >= 0.3 is 6.09 Å². The van der Waals surface area contributed by atoms with Crippen LogP contribution < -0.4 is 0 Å². The number of carbonyl (C=O) groups is 1. The van der Waals surface area contributed by atoms with Gasteiger partial charge < -0.3 is 14.4 Å². The molecule has 9 heteroatoms. The first-order valence-corrected chi connectivity index (χ1v) is 13.6. The Labute approximate surface area is 196 Å². The number of piperidine rings is 1. The first-order valence-electron chi connectivity index (χ1n) is 11.2. The zero-order chi connectivity index (χ0) is 23.5. The number of benzene rings is 1. The smallest absolute Gasteiger partial charge is 0.410 e. The van der Waals surface area contributed by atoms with Crippen LogP contribution in [0.5, 0.6) is 0 Å². The second-order valence-electron chi connectivity index (χ2n) is 9.93. The van der Waals surface area contributed by atoms with Gasteiger partial charge in [0.1, 0.15) is 15.4 Å². The molecule has 1 aromatic rings. The summed E-state index contributed by atoms with van der Waals surface area (Å²) < 4.78 is 35.2. The van der Waals surface area contributed by atoms with Crippen molar-refractivity contribution >= 4 is 27.5 Å². The number of rotatable bonds is 5. The molecule has 2 aliphatic heterocycles. The maximum Gasteiger partial charge on any atom is 0.410 e. The summed E-state index contributed by atoms with van der Waals surface area (Å²) in [5, 5.41) is 0.702. The number of nitrogens with zero attached hydrogens (tertiary/aromatic N) is 2. The lowest BCUT2D eigenvalue weighted by molar-refractivity contribution is -0.0786. The van der Waals surface area contributed by atoms with E-state index >= 15 is 0 Å². The highest BCUT2D eigenvalue weighted by Gasteiger charge is 2.37. The summed E-state index contributed by atoms with van der Waals surface area (Å²) in [5.41, 5.74) is 0.654. The monoisotopic (exact) mass is 486 g/mol. The fourth-order valence-corrected chi connectivity index (χ4v) is 5.44. The first-order chi connectivity index (χ1) is 14.9. The van der Waals surface area contributed by atoms with E-state index in [2.05, 4.69) is 4.90 Å². The molecular weight excluding hydrogens is 452 g/mol. The Hall–Kier alpha value is -1.35. The normalized spacial score (nSPS) is 23.8. The van der Waals surface area contributed by atoms with Gasteiger partial charge in [0.05, 0.1) is 18.5 Å². The summed E-state index contributed by atoms with van der Waals surface area (Å²) in [6, 6.07) is 8.22. The lowest BCUT2D eigenvalue weighted by atomic mass is 9.96. The number of likely N-dealkylation sites (tertiary alicyclic amines) is 1. The van der Waals surface area contributed by atoms with Crippen LogP contribution >= 0.6 is 11.6 Å². The molecule has 3 rings (SSSR count). The van der Waals surface area contributed by atoms with Crippen molar-refractivity contribution in [1.29, 1.82) is 0 Å². The van der Waals surface area contributed by atoms with Gasteiger partial charge in [0.15, 0.2) is 0 Å². The molecule has 7 nitrogen and oxygen atoms in total. The van der Waals surface area contributed by atoms with Gasteiger partial charge in [0.25, 0.3) is 0 Å². The van der Waals surface area contributed by atoms with E-state index in [4.69, 9.17) is 21.1 Å². The summed E-state index contributed by atoms with van der Waals surface area (Å²) in [5.74, 6) is 0.0217. The van der Waals surface area contributed by atoms with E-state index in [0.29, 0.717) is 31.3 Å². The highest BCUT2D eigenvalue weighted by atomic mass is 35.5. The van der Waals surface area contributed by atoms with Gasteiger partial charge in [-0.15, -0.1) is 0 Å². The van der Waals surface area contributed by atoms with Gasteiger partial charge in [-0.05, 0) is 57.7 Å². The minimum absolute atomic E-state index is 0.0217. The molecule has 0 aromatic heterocycles. The van der Waals surface area contributed by atoms with Crippen LogP contribution in [0.3, 0.4) is 0 Å². The summed E-state index contributed by atoms with van der Waals surface area (Å²) in [6.45, 7) is 7.91. The van der Waals surface area contributed by atoms with E-state index in [1.165, 1.54) is 11.8 Å². The molecule has 1 amide bonds. The molecule has 0 radical (unpaired) electrons. The predicted octanol–water partition coefficient (Wildman–Crippen LogP) is 3.40. The standard InChI is InChI=1S/C23H35ClN2O5S/c1-23(2,3)31-22(27)25-11-9-19(10-12-25)26-14-21(16-32(4,28)29)30-15-20(26)13-17-5-7-18(24)8-6-17/h5-8,19-21H,9-16H2,1-4H3. The number of halogens is 1. The van der Waals surface area contributed by atoms with Crippen molar-refractivity contribution < 1.29 is 22.7 Å². The average Bonchev–Trinajstić information content (AvgIpc) is 2.68. The zero-order valence-electron chi connectivity index (χ0n) is 19.4. The van der Waals surface area contributed by atoms with E-state index in [-0.39, 0.29) is 30.0 Å². The fraction of sp³-hybridized carbons (Fsp3) is 0.696.